The summed E-state index contributed by atoms with van der Waals surface area (Å²) >= 11 is 0. The van der Waals surface area contributed by atoms with Gasteiger partial charge in [-0.1, -0.05) is 43.7 Å². The number of ether oxygens (including phenoxy) is 3. The standard InChI is InChI=1S/C23H30O7/c1-3-4-6-14(2)11-15(24)9-10-16-17(25)12-20-22(16)29-19-8-5-7-18(23(19)30-20)28-13-21(26)27/h5,7-10,15-17,20,22,24-25H,2-4,6,11-13H2,1H3,(H,26,27)/b10-9+. The van der Waals surface area contributed by atoms with Gasteiger partial charge in [0.2, 0.25) is 5.75 Å². The lowest BCUT2D eigenvalue weighted by Gasteiger charge is -2.32. The molecular formula is C23H30O7. The number of para-hydroxylation sites is 1. The Labute approximate surface area is 176 Å². The summed E-state index contributed by atoms with van der Waals surface area (Å²) in [6, 6.07) is 5.04. The van der Waals surface area contributed by atoms with Gasteiger partial charge in [-0.2, -0.15) is 0 Å². The average Bonchev–Trinajstić information content (AvgIpc) is 3.01. The number of carbonyl (C=O) groups is 1. The van der Waals surface area contributed by atoms with E-state index in [2.05, 4.69) is 13.5 Å². The van der Waals surface area contributed by atoms with Gasteiger partial charge in [0.05, 0.1) is 12.2 Å². The first kappa shape index (κ1) is 22.2. The van der Waals surface area contributed by atoms with Crippen LogP contribution in [0.4, 0.5) is 0 Å². The Bertz CT molecular complexity index is 788. The maximum atomic E-state index is 10.8. The molecular weight excluding hydrogens is 388 g/mol. The summed E-state index contributed by atoms with van der Waals surface area (Å²) < 4.78 is 17.4. The number of hydrogen-bond acceptors (Lipinski definition) is 6. The highest BCUT2D eigenvalue weighted by Crippen LogP contribution is 2.46. The molecule has 7 heteroatoms. The Morgan fingerprint density at radius 2 is 2.20 bits per heavy atom. The van der Waals surface area contributed by atoms with Crippen molar-refractivity contribution in [3.05, 3.63) is 42.5 Å². The van der Waals surface area contributed by atoms with Crippen LogP contribution in [0, 0.1) is 5.92 Å². The summed E-state index contributed by atoms with van der Waals surface area (Å²) in [6.45, 7) is 5.65. The minimum absolute atomic E-state index is 0.294. The molecule has 2 aliphatic rings. The van der Waals surface area contributed by atoms with E-state index < -0.39 is 37.0 Å². The summed E-state index contributed by atoms with van der Waals surface area (Å²) in [5.74, 6) is -0.322. The van der Waals surface area contributed by atoms with Crippen molar-refractivity contribution in [2.75, 3.05) is 6.61 Å². The van der Waals surface area contributed by atoms with Gasteiger partial charge in [-0.3, -0.25) is 0 Å². The van der Waals surface area contributed by atoms with Crippen LogP contribution in [-0.2, 0) is 4.79 Å². The Balaban J connectivity index is 1.66. The second kappa shape index (κ2) is 10.00. The highest BCUT2D eigenvalue weighted by molar-refractivity contribution is 5.68. The Hall–Kier alpha value is -2.51. The molecule has 1 aliphatic carbocycles. The minimum atomic E-state index is -1.08. The number of benzene rings is 1. The molecule has 0 saturated heterocycles. The largest absolute Gasteiger partial charge is 0.482 e. The predicted octanol–water partition coefficient (Wildman–Crippen LogP) is 3.09. The third-order valence-electron chi connectivity index (χ3n) is 5.43. The summed E-state index contributed by atoms with van der Waals surface area (Å²) in [5.41, 5.74) is 1.01. The minimum Gasteiger partial charge on any atom is -0.482 e. The first-order valence-corrected chi connectivity index (χ1v) is 10.4. The van der Waals surface area contributed by atoms with Crippen molar-refractivity contribution in [2.45, 2.75) is 63.4 Å². The topological polar surface area (TPSA) is 105 Å². The molecule has 0 spiro atoms. The van der Waals surface area contributed by atoms with Crippen LogP contribution in [-0.4, -0.2) is 52.3 Å². The molecule has 0 amide bonds. The van der Waals surface area contributed by atoms with E-state index in [1.807, 2.05) is 0 Å². The van der Waals surface area contributed by atoms with Gasteiger partial charge >= 0.3 is 5.97 Å². The molecule has 3 N–H and O–H groups in total. The number of carboxylic acid groups (broad SMARTS) is 1. The number of carboxylic acids is 1. The quantitative estimate of drug-likeness (QED) is 0.502. The van der Waals surface area contributed by atoms with E-state index in [9.17, 15) is 15.0 Å². The lowest BCUT2D eigenvalue weighted by atomic mass is 9.99. The Morgan fingerprint density at radius 3 is 2.93 bits per heavy atom. The number of aliphatic hydroxyl groups excluding tert-OH is 2. The fourth-order valence-corrected chi connectivity index (χ4v) is 3.91. The zero-order valence-corrected chi connectivity index (χ0v) is 17.2. The van der Waals surface area contributed by atoms with Gasteiger partial charge in [0.25, 0.3) is 0 Å². The number of unbranched alkanes of at least 4 members (excludes halogenated alkanes) is 1. The van der Waals surface area contributed by atoms with Crippen molar-refractivity contribution in [1.29, 1.82) is 0 Å². The van der Waals surface area contributed by atoms with Crippen LogP contribution in [0.3, 0.4) is 0 Å². The molecule has 1 heterocycles. The second-order valence-electron chi connectivity index (χ2n) is 7.89. The van der Waals surface area contributed by atoms with E-state index >= 15 is 0 Å². The van der Waals surface area contributed by atoms with Crippen molar-refractivity contribution >= 4 is 5.97 Å². The van der Waals surface area contributed by atoms with Gasteiger partial charge < -0.3 is 29.5 Å². The highest BCUT2D eigenvalue weighted by Gasteiger charge is 2.47. The summed E-state index contributed by atoms with van der Waals surface area (Å²) in [4.78, 5) is 10.8. The molecule has 1 aromatic carbocycles. The molecule has 3 rings (SSSR count). The lowest BCUT2D eigenvalue weighted by molar-refractivity contribution is -0.139. The van der Waals surface area contributed by atoms with Crippen LogP contribution in [0.5, 0.6) is 17.2 Å². The monoisotopic (exact) mass is 418 g/mol. The van der Waals surface area contributed by atoms with E-state index in [4.69, 9.17) is 19.3 Å². The molecule has 30 heavy (non-hydrogen) atoms. The van der Waals surface area contributed by atoms with Crippen LogP contribution in [0.1, 0.15) is 39.0 Å². The molecule has 1 aliphatic heterocycles. The smallest absolute Gasteiger partial charge is 0.341 e. The maximum Gasteiger partial charge on any atom is 0.341 e. The number of hydrogen-bond donors (Lipinski definition) is 3. The van der Waals surface area contributed by atoms with Gasteiger partial charge in [-0.15, -0.1) is 0 Å². The first-order chi connectivity index (χ1) is 14.4. The summed E-state index contributed by atoms with van der Waals surface area (Å²) in [7, 11) is 0. The number of rotatable bonds is 10. The van der Waals surface area contributed by atoms with Crippen LogP contribution < -0.4 is 14.2 Å². The molecule has 0 aromatic heterocycles. The van der Waals surface area contributed by atoms with E-state index in [1.54, 1.807) is 30.4 Å². The number of aliphatic hydroxyl groups is 2. The van der Waals surface area contributed by atoms with Gasteiger partial charge in [0.15, 0.2) is 18.1 Å². The van der Waals surface area contributed by atoms with Crippen molar-refractivity contribution in [3.8, 4) is 17.2 Å². The van der Waals surface area contributed by atoms with E-state index in [-0.39, 0.29) is 5.92 Å². The van der Waals surface area contributed by atoms with Crippen molar-refractivity contribution in [1.82, 2.24) is 0 Å². The molecule has 0 radical (unpaired) electrons. The van der Waals surface area contributed by atoms with E-state index in [1.165, 1.54) is 0 Å². The van der Waals surface area contributed by atoms with Gasteiger partial charge in [0.1, 0.15) is 12.2 Å². The molecule has 1 saturated carbocycles. The van der Waals surface area contributed by atoms with Gasteiger partial charge in [-0.05, 0) is 31.4 Å². The van der Waals surface area contributed by atoms with Gasteiger partial charge in [0, 0.05) is 12.3 Å². The molecule has 7 nitrogen and oxygen atoms in total. The Morgan fingerprint density at radius 1 is 1.40 bits per heavy atom. The zero-order valence-electron chi connectivity index (χ0n) is 17.2. The Kier molecular flexibility index (Phi) is 7.39. The third kappa shape index (κ3) is 5.34. The maximum absolute atomic E-state index is 10.8. The average molecular weight is 418 g/mol. The van der Waals surface area contributed by atoms with Crippen molar-refractivity contribution in [3.63, 3.8) is 0 Å². The first-order valence-electron chi connectivity index (χ1n) is 10.4. The predicted molar refractivity (Wildman–Crippen MR) is 111 cm³/mol. The molecule has 0 bridgehead atoms. The van der Waals surface area contributed by atoms with E-state index in [0.29, 0.717) is 30.1 Å². The number of fused-ring (bicyclic) bond motifs is 2. The van der Waals surface area contributed by atoms with Crippen LogP contribution in [0.15, 0.2) is 42.5 Å². The van der Waals surface area contributed by atoms with Gasteiger partial charge in [-0.25, -0.2) is 4.79 Å². The summed E-state index contributed by atoms with van der Waals surface area (Å²) in [6.07, 6.45) is 5.26. The normalized spacial score (nSPS) is 25.7. The zero-order chi connectivity index (χ0) is 21.7. The summed E-state index contributed by atoms with van der Waals surface area (Å²) in [5, 5.41) is 29.7. The second-order valence-corrected chi connectivity index (χ2v) is 7.89. The van der Waals surface area contributed by atoms with E-state index in [0.717, 1.165) is 24.8 Å². The highest BCUT2D eigenvalue weighted by atomic mass is 16.6. The molecule has 5 atom stereocenters. The fraction of sp³-hybridized carbons (Fsp3) is 0.522. The third-order valence-corrected chi connectivity index (χ3v) is 5.43. The molecule has 164 valence electrons. The van der Waals surface area contributed by atoms with Crippen LogP contribution >= 0.6 is 0 Å². The van der Waals surface area contributed by atoms with Crippen molar-refractivity contribution < 1.29 is 34.3 Å². The molecule has 1 fully saturated rings. The fourth-order valence-electron chi connectivity index (χ4n) is 3.91. The molecule has 5 unspecified atom stereocenters. The van der Waals surface area contributed by atoms with Crippen LogP contribution in [0.25, 0.3) is 0 Å². The molecule has 1 aromatic rings. The number of aliphatic carboxylic acids is 1. The SMILES string of the molecule is C=C(CCCC)CC(O)/C=C/C1C(O)CC2Oc3c(OCC(=O)O)cccc3OC21. The van der Waals surface area contributed by atoms with Crippen LogP contribution in [0.2, 0.25) is 0 Å². The van der Waals surface area contributed by atoms with Crippen molar-refractivity contribution in [2.24, 2.45) is 5.92 Å². The lowest BCUT2D eigenvalue weighted by Crippen LogP contribution is -2.39.